The van der Waals surface area contributed by atoms with E-state index in [-0.39, 0.29) is 0 Å². The zero-order chi connectivity index (χ0) is 12.5. The molecular formula is C17H25N. The van der Waals surface area contributed by atoms with E-state index in [1.165, 1.54) is 43.4 Å². The van der Waals surface area contributed by atoms with Crippen LogP contribution in [0.3, 0.4) is 0 Å². The van der Waals surface area contributed by atoms with Crippen molar-refractivity contribution in [3.63, 3.8) is 0 Å². The van der Waals surface area contributed by atoms with Crippen molar-refractivity contribution in [2.45, 2.75) is 45.6 Å². The summed E-state index contributed by atoms with van der Waals surface area (Å²) in [5, 5.41) is 3.75. The highest BCUT2D eigenvalue weighted by atomic mass is 14.9. The van der Waals surface area contributed by atoms with Gasteiger partial charge in [-0.25, -0.2) is 0 Å². The van der Waals surface area contributed by atoms with Crippen LogP contribution < -0.4 is 5.32 Å². The van der Waals surface area contributed by atoms with Gasteiger partial charge in [-0.2, -0.15) is 0 Å². The van der Waals surface area contributed by atoms with Gasteiger partial charge in [0.15, 0.2) is 0 Å². The quantitative estimate of drug-likeness (QED) is 0.840. The minimum absolute atomic E-state index is 0.490. The fourth-order valence-corrected chi connectivity index (χ4v) is 4.01. The number of hydrogen-bond donors (Lipinski definition) is 1. The standard InChI is InChI=1S/C17H25N/c1-12-4-3-5-15(8-12)13(2)18-11-17-10-14-6-7-16(17)9-14/h3-5,8,13-14,16-18H,6-7,9-11H2,1-2H3/t13-,14?,16?,17?/m1/s1. The fraction of sp³-hybridized carbons (Fsp3) is 0.647. The van der Waals surface area contributed by atoms with Gasteiger partial charge in [0.1, 0.15) is 0 Å². The first-order valence-corrected chi connectivity index (χ1v) is 7.52. The van der Waals surface area contributed by atoms with Crippen LogP contribution >= 0.6 is 0 Å². The molecule has 2 aliphatic rings. The highest BCUT2D eigenvalue weighted by molar-refractivity contribution is 5.24. The number of fused-ring (bicyclic) bond motifs is 2. The van der Waals surface area contributed by atoms with E-state index in [0.717, 1.165) is 17.8 Å². The Kier molecular flexibility index (Phi) is 3.43. The first-order valence-electron chi connectivity index (χ1n) is 7.52. The Morgan fingerprint density at radius 2 is 2.17 bits per heavy atom. The minimum Gasteiger partial charge on any atom is -0.310 e. The Labute approximate surface area is 111 Å². The molecule has 1 N–H and O–H groups in total. The summed E-state index contributed by atoms with van der Waals surface area (Å²) in [6, 6.07) is 9.38. The highest BCUT2D eigenvalue weighted by Gasteiger charge is 2.39. The Bertz CT molecular complexity index is 412. The van der Waals surface area contributed by atoms with Crippen molar-refractivity contribution >= 4 is 0 Å². The largest absolute Gasteiger partial charge is 0.310 e. The van der Waals surface area contributed by atoms with Gasteiger partial charge in [-0.1, -0.05) is 36.2 Å². The van der Waals surface area contributed by atoms with Crippen molar-refractivity contribution in [3.8, 4) is 0 Å². The maximum absolute atomic E-state index is 3.75. The molecule has 2 fully saturated rings. The summed E-state index contributed by atoms with van der Waals surface area (Å²) in [7, 11) is 0. The molecule has 4 atom stereocenters. The van der Waals surface area contributed by atoms with Crippen molar-refractivity contribution in [3.05, 3.63) is 35.4 Å². The molecule has 0 aliphatic heterocycles. The monoisotopic (exact) mass is 243 g/mol. The lowest BCUT2D eigenvalue weighted by Crippen LogP contribution is -2.28. The molecule has 1 aromatic rings. The van der Waals surface area contributed by atoms with E-state index in [2.05, 4.69) is 43.4 Å². The van der Waals surface area contributed by atoms with Crippen LogP contribution in [-0.2, 0) is 0 Å². The molecule has 3 unspecified atom stereocenters. The number of benzene rings is 1. The van der Waals surface area contributed by atoms with Crippen LogP contribution in [0.25, 0.3) is 0 Å². The van der Waals surface area contributed by atoms with Gasteiger partial charge < -0.3 is 5.32 Å². The first-order chi connectivity index (χ1) is 8.72. The maximum Gasteiger partial charge on any atom is 0.0292 e. The van der Waals surface area contributed by atoms with Gasteiger partial charge in [-0.3, -0.25) is 0 Å². The summed E-state index contributed by atoms with van der Waals surface area (Å²) in [4.78, 5) is 0. The van der Waals surface area contributed by atoms with Crippen LogP contribution in [0.2, 0.25) is 0 Å². The van der Waals surface area contributed by atoms with Gasteiger partial charge in [0.25, 0.3) is 0 Å². The summed E-state index contributed by atoms with van der Waals surface area (Å²) in [6.45, 7) is 5.68. The second-order valence-corrected chi connectivity index (χ2v) is 6.48. The molecule has 98 valence electrons. The predicted molar refractivity (Wildman–Crippen MR) is 76.5 cm³/mol. The summed E-state index contributed by atoms with van der Waals surface area (Å²) in [5.41, 5.74) is 2.79. The van der Waals surface area contributed by atoms with Gasteiger partial charge >= 0.3 is 0 Å². The van der Waals surface area contributed by atoms with Gasteiger partial charge in [-0.05, 0) is 63.0 Å². The van der Waals surface area contributed by atoms with E-state index in [9.17, 15) is 0 Å². The molecule has 0 amide bonds. The first kappa shape index (κ1) is 12.2. The van der Waals surface area contributed by atoms with Crippen LogP contribution in [0, 0.1) is 24.7 Å². The van der Waals surface area contributed by atoms with Crippen molar-refractivity contribution in [1.29, 1.82) is 0 Å². The summed E-state index contributed by atoms with van der Waals surface area (Å²) in [5.74, 6) is 3.05. The van der Waals surface area contributed by atoms with Gasteiger partial charge in [-0.15, -0.1) is 0 Å². The van der Waals surface area contributed by atoms with Crippen LogP contribution in [0.1, 0.15) is 49.8 Å². The Hall–Kier alpha value is -0.820. The van der Waals surface area contributed by atoms with Crippen LogP contribution in [0.4, 0.5) is 0 Å². The number of aryl methyl sites for hydroxylation is 1. The van der Waals surface area contributed by atoms with Gasteiger partial charge in [0, 0.05) is 6.04 Å². The topological polar surface area (TPSA) is 12.0 Å². The normalized spacial score (nSPS) is 31.8. The fourth-order valence-electron chi connectivity index (χ4n) is 4.01. The van der Waals surface area contributed by atoms with E-state index in [1.54, 1.807) is 0 Å². The third-order valence-electron chi connectivity index (χ3n) is 5.11. The third-order valence-corrected chi connectivity index (χ3v) is 5.11. The molecule has 2 saturated carbocycles. The zero-order valence-electron chi connectivity index (χ0n) is 11.7. The molecule has 0 heterocycles. The molecule has 1 nitrogen and oxygen atoms in total. The maximum atomic E-state index is 3.75. The number of rotatable bonds is 4. The van der Waals surface area contributed by atoms with Crippen molar-refractivity contribution in [2.24, 2.45) is 17.8 Å². The van der Waals surface area contributed by atoms with E-state index in [1.807, 2.05) is 0 Å². The molecule has 1 aromatic carbocycles. The molecule has 2 aliphatic carbocycles. The van der Waals surface area contributed by atoms with Crippen molar-refractivity contribution < 1.29 is 0 Å². The summed E-state index contributed by atoms with van der Waals surface area (Å²) in [6.07, 6.45) is 6.01. The van der Waals surface area contributed by atoms with Crippen molar-refractivity contribution in [2.75, 3.05) is 6.54 Å². The predicted octanol–water partition coefficient (Wildman–Crippen LogP) is 4.08. The van der Waals surface area contributed by atoms with E-state index in [0.29, 0.717) is 6.04 Å². The highest BCUT2D eigenvalue weighted by Crippen LogP contribution is 2.48. The summed E-state index contributed by atoms with van der Waals surface area (Å²) >= 11 is 0. The summed E-state index contributed by atoms with van der Waals surface area (Å²) < 4.78 is 0. The van der Waals surface area contributed by atoms with Crippen LogP contribution in [0.15, 0.2) is 24.3 Å². The molecule has 0 saturated heterocycles. The third kappa shape index (κ3) is 2.47. The average molecular weight is 243 g/mol. The van der Waals surface area contributed by atoms with Crippen LogP contribution in [0.5, 0.6) is 0 Å². The molecule has 0 radical (unpaired) electrons. The lowest BCUT2D eigenvalue weighted by Gasteiger charge is -2.24. The smallest absolute Gasteiger partial charge is 0.0292 e. The Morgan fingerprint density at radius 3 is 2.83 bits per heavy atom. The van der Waals surface area contributed by atoms with Crippen LogP contribution in [-0.4, -0.2) is 6.54 Å². The Morgan fingerprint density at radius 1 is 1.28 bits per heavy atom. The molecule has 0 spiro atoms. The second-order valence-electron chi connectivity index (χ2n) is 6.48. The average Bonchev–Trinajstić information content (AvgIpc) is 2.98. The Balaban J connectivity index is 1.54. The van der Waals surface area contributed by atoms with E-state index >= 15 is 0 Å². The van der Waals surface area contributed by atoms with E-state index < -0.39 is 0 Å². The van der Waals surface area contributed by atoms with Gasteiger partial charge in [0.05, 0.1) is 0 Å². The minimum atomic E-state index is 0.490. The number of nitrogens with one attached hydrogen (secondary N) is 1. The lowest BCUT2D eigenvalue weighted by atomic mass is 9.88. The lowest BCUT2D eigenvalue weighted by molar-refractivity contribution is 0.309. The molecule has 2 bridgehead atoms. The van der Waals surface area contributed by atoms with Gasteiger partial charge in [0.2, 0.25) is 0 Å². The molecule has 3 rings (SSSR count). The number of hydrogen-bond acceptors (Lipinski definition) is 1. The van der Waals surface area contributed by atoms with Crippen molar-refractivity contribution in [1.82, 2.24) is 5.32 Å². The molecule has 0 aromatic heterocycles. The molecular weight excluding hydrogens is 218 g/mol. The SMILES string of the molecule is Cc1cccc([C@@H](C)NCC2CC3CCC2C3)c1. The molecule has 18 heavy (non-hydrogen) atoms. The second kappa shape index (κ2) is 5.05. The van der Waals surface area contributed by atoms with E-state index in [4.69, 9.17) is 0 Å². The molecule has 1 heteroatoms. The zero-order valence-corrected chi connectivity index (χ0v) is 11.7.